The highest BCUT2D eigenvalue weighted by molar-refractivity contribution is 5.72. The maximum absolute atomic E-state index is 5.52. The van der Waals surface area contributed by atoms with Crippen LogP contribution in [0.3, 0.4) is 0 Å². The number of oxazole rings is 1. The Labute approximate surface area is 120 Å². The first-order valence-electron chi connectivity index (χ1n) is 6.68. The molecule has 0 fully saturated rings. The monoisotopic (exact) mass is 276 g/mol. The van der Waals surface area contributed by atoms with Gasteiger partial charge in [0.2, 0.25) is 5.89 Å². The summed E-state index contributed by atoms with van der Waals surface area (Å²) < 4.78 is 5.52. The van der Waals surface area contributed by atoms with E-state index in [0.29, 0.717) is 12.4 Å². The number of nitrogens with zero attached hydrogens (tertiary/aromatic N) is 4. The highest BCUT2D eigenvalue weighted by Gasteiger charge is 2.08. The molecule has 5 nitrogen and oxygen atoms in total. The Hall–Kier alpha value is -2.95. The van der Waals surface area contributed by atoms with Crippen LogP contribution in [0.2, 0.25) is 0 Å². The Morgan fingerprint density at radius 2 is 1.52 bits per heavy atom. The molecule has 4 rings (SSSR count). The number of aromatic nitrogens is 4. The fourth-order valence-electron chi connectivity index (χ4n) is 2.21. The Morgan fingerprint density at radius 1 is 0.857 bits per heavy atom. The van der Waals surface area contributed by atoms with Gasteiger partial charge >= 0.3 is 0 Å². The summed E-state index contributed by atoms with van der Waals surface area (Å²) in [4.78, 5) is 6.11. The molecule has 0 aliphatic carbocycles. The third-order valence-corrected chi connectivity index (χ3v) is 3.20. The quantitative estimate of drug-likeness (QED) is 0.577. The van der Waals surface area contributed by atoms with Gasteiger partial charge in [0, 0.05) is 5.56 Å². The molecule has 102 valence electrons. The molecule has 0 spiro atoms. The maximum atomic E-state index is 5.52. The number of hydrogen-bond acceptors (Lipinski definition) is 4. The van der Waals surface area contributed by atoms with Crippen molar-refractivity contribution in [3.63, 3.8) is 0 Å². The SMILES string of the molecule is c1ccc(-c2nc(Cn3nc4ccccc4n3)co2)cc1. The van der Waals surface area contributed by atoms with E-state index < -0.39 is 0 Å². The van der Waals surface area contributed by atoms with Crippen molar-refractivity contribution in [1.29, 1.82) is 0 Å². The first kappa shape index (κ1) is 11.8. The van der Waals surface area contributed by atoms with Crippen molar-refractivity contribution in [2.24, 2.45) is 0 Å². The van der Waals surface area contributed by atoms with Gasteiger partial charge in [-0.05, 0) is 24.3 Å². The van der Waals surface area contributed by atoms with E-state index in [1.54, 1.807) is 11.1 Å². The van der Waals surface area contributed by atoms with Crippen LogP contribution >= 0.6 is 0 Å². The predicted octanol–water partition coefficient (Wildman–Crippen LogP) is 3.13. The largest absolute Gasteiger partial charge is 0.444 e. The molecule has 2 aromatic carbocycles. The van der Waals surface area contributed by atoms with E-state index in [4.69, 9.17) is 4.42 Å². The minimum Gasteiger partial charge on any atom is -0.444 e. The van der Waals surface area contributed by atoms with Gasteiger partial charge in [-0.25, -0.2) is 4.98 Å². The lowest BCUT2D eigenvalue weighted by atomic mass is 10.2. The standard InChI is InChI=1S/C16H12N4O/c1-2-6-12(7-3-1)16-17-13(11-21-16)10-20-18-14-8-4-5-9-15(14)19-20/h1-9,11H,10H2. The minimum atomic E-state index is 0.491. The molecule has 2 aromatic heterocycles. The van der Waals surface area contributed by atoms with Crippen molar-refractivity contribution >= 4 is 11.0 Å². The van der Waals surface area contributed by atoms with Gasteiger partial charge in [0.15, 0.2) is 0 Å². The summed E-state index contributed by atoms with van der Waals surface area (Å²) in [6, 6.07) is 17.6. The zero-order chi connectivity index (χ0) is 14.1. The molecule has 0 saturated carbocycles. The summed E-state index contributed by atoms with van der Waals surface area (Å²) in [7, 11) is 0. The fraction of sp³-hybridized carbons (Fsp3) is 0.0625. The summed E-state index contributed by atoms with van der Waals surface area (Å²) in [5.41, 5.74) is 3.52. The summed E-state index contributed by atoms with van der Waals surface area (Å²) in [5.74, 6) is 0.613. The fourth-order valence-corrected chi connectivity index (χ4v) is 2.21. The number of hydrogen-bond donors (Lipinski definition) is 0. The van der Waals surface area contributed by atoms with Gasteiger partial charge in [-0.3, -0.25) is 0 Å². The summed E-state index contributed by atoms with van der Waals surface area (Å²) >= 11 is 0. The Kier molecular flexibility index (Phi) is 2.74. The zero-order valence-electron chi connectivity index (χ0n) is 11.2. The topological polar surface area (TPSA) is 56.7 Å². The van der Waals surface area contributed by atoms with E-state index in [0.717, 1.165) is 22.3 Å². The molecular formula is C16H12N4O. The first-order valence-corrected chi connectivity index (χ1v) is 6.68. The van der Waals surface area contributed by atoms with E-state index in [9.17, 15) is 0 Å². The van der Waals surface area contributed by atoms with Gasteiger partial charge in [0.1, 0.15) is 29.5 Å². The summed E-state index contributed by atoms with van der Waals surface area (Å²) in [6.45, 7) is 0.491. The van der Waals surface area contributed by atoms with E-state index in [2.05, 4.69) is 15.2 Å². The third-order valence-electron chi connectivity index (χ3n) is 3.20. The lowest BCUT2D eigenvalue weighted by Gasteiger charge is -1.94. The Bertz CT molecular complexity index is 846. The second kappa shape index (κ2) is 4.86. The molecule has 0 bridgehead atoms. The number of fused-ring (bicyclic) bond motifs is 1. The molecule has 0 N–H and O–H groups in total. The van der Waals surface area contributed by atoms with Crippen molar-refractivity contribution in [1.82, 2.24) is 20.0 Å². The predicted molar refractivity (Wildman–Crippen MR) is 78.6 cm³/mol. The van der Waals surface area contributed by atoms with Crippen molar-refractivity contribution < 1.29 is 4.42 Å². The van der Waals surface area contributed by atoms with Crippen LogP contribution in [-0.4, -0.2) is 20.0 Å². The third kappa shape index (κ3) is 2.29. The van der Waals surface area contributed by atoms with E-state index in [1.165, 1.54) is 0 Å². The average molecular weight is 276 g/mol. The number of rotatable bonds is 3. The van der Waals surface area contributed by atoms with Crippen molar-refractivity contribution in [3.8, 4) is 11.5 Å². The van der Waals surface area contributed by atoms with Gasteiger partial charge in [-0.1, -0.05) is 30.3 Å². The van der Waals surface area contributed by atoms with Crippen LogP contribution in [0.4, 0.5) is 0 Å². The minimum absolute atomic E-state index is 0.491. The molecule has 0 saturated heterocycles. The second-order valence-corrected chi connectivity index (χ2v) is 4.73. The molecule has 5 heteroatoms. The van der Waals surface area contributed by atoms with Crippen LogP contribution in [0.25, 0.3) is 22.5 Å². The summed E-state index contributed by atoms with van der Waals surface area (Å²) in [5, 5.41) is 8.83. The van der Waals surface area contributed by atoms with Crippen LogP contribution < -0.4 is 0 Å². The Balaban J connectivity index is 1.61. The molecule has 2 heterocycles. The Morgan fingerprint density at radius 3 is 2.24 bits per heavy atom. The molecule has 4 aromatic rings. The molecule has 0 radical (unpaired) electrons. The molecule has 0 atom stereocenters. The van der Waals surface area contributed by atoms with Crippen LogP contribution in [0.15, 0.2) is 65.3 Å². The normalized spacial score (nSPS) is 11.0. The summed E-state index contributed by atoms with van der Waals surface area (Å²) in [6.07, 6.45) is 1.65. The number of benzene rings is 2. The molecule has 0 amide bonds. The zero-order valence-corrected chi connectivity index (χ0v) is 11.2. The smallest absolute Gasteiger partial charge is 0.226 e. The van der Waals surface area contributed by atoms with Gasteiger partial charge in [-0.15, -0.1) is 0 Å². The van der Waals surface area contributed by atoms with Gasteiger partial charge in [0.25, 0.3) is 0 Å². The average Bonchev–Trinajstić information content (AvgIpc) is 3.14. The van der Waals surface area contributed by atoms with Crippen molar-refractivity contribution in [3.05, 3.63) is 66.6 Å². The highest BCUT2D eigenvalue weighted by atomic mass is 16.3. The van der Waals surface area contributed by atoms with Gasteiger partial charge < -0.3 is 4.42 Å². The van der Waals surface area contributed by atoms with Crippen LogP contribution in [0.1, 0.15) is 5.69 Å². The molecule has 0 aliphatic rings. The van der Waals surface area contributed by atoms with E-state index in [-0.39, 0.29) is 0 Å². The lowest BCUT2D eigenvalue weighted by Crippen LogP contribution is -2.03. The van der Waals surface area contributed by atoms with Crippen LogP contribution in [-0.2, 0) is 6.54 Å². The van der Waals surface area contributed by atoms with Crippen molar-refractivity contribution in [2.75, 3.05) is 0 Å². The highest BCUT2D eigenvalue weighted by Crippen LogP contribution is 2.18. The molecule has 0 unspecified atom stereocenters. The van der Waals surface area contributed by atoms with Gasteiger partial charge in [-0.2, -0.15) is 15.0 Å². The van der Waals surface area contributed by atoms with Crippen LogP contribution in [0, 0.1) is 0 Å². The van der Waals surface area contributed by atoms with E-state index in [1.807, 2.05) is 54.6 Å². The van der Waals surface area contributed by atoms with Gasteiger partial charge in [0.05, 0.1) is 0 Å². The molecule has 21 heavy (non-hydrogen) atoms. The van der Waals surface area contributed by atoms with E-state index >= 15 is 0 Å². The first-order chi connectivity index (χ1) is 10.4. The lowest BCUT2D eigenvalue weighted by molar-refractivity contribution is 0.561. The van der Waals surface area contributed by atoms with Crippen LogP contribution in [0.5, 0.6) is 0 Å². The molecule has 0 aliphatic heterocycles. The molecular weight excluding hydrogens is 264 g/mol. The second-order valence-electron chi connectivity index (χ2n) is 4.73. The van der Waals surface area contributed by atoms with Crippen molar-refractivity contribution in [2.45, 2.75) is 6.54 Å². The maximum Gasteiger partial charge on any atom is 0.226 e.